The van der Waals surface area contributed by atoms with Crippen molar-refractivity contribution in [2.75, 3.05) is 26.3 Å². The van der Waals surface area contributed by atoms with Gasteiger partial charge in [-0.15, -0.1) is 0 Å². The summed E-state index contributed by atoms with van der Waals surface area (Å²) in [5, 5.41) is 0. The molecule has 3 aliphatic carbocycles. The third-order valence-corrected chi connectivity index (χ3v) is 6.95. The minimum absolute atomic E-state index is 0.224. The predicted molar refractivity (Wildman–Crippen MR) is 80.6 cm³/mol. The molecule has 1 aliphatic heterocycles. The van der Waals surface area contributed by atoms with Gasteiger partial charge in [0.05, 0.1) is 13.2 Å². The molecule has 4 aliphatic rings. The number of carbonyl (C=O) groups excluding carboxylic acids is 1. The van der Waals surface area contributed by atoms with Gasteiger partial charge in [-0.05, 0) is 55.8 Å². The molecule has 0 aromatic rings. The van der Waals surface area contributed by atoms with E-state index in [2.05, 4.69) is 0 Å². The molecule has 4 heteroatoms. The lowest BCUT2D eigenvalue weighted by molar-refractivity contribution is -0.143. The third-order valence-electron chi connectivity index (χ3n) is 6.95. The lowest BCUT2D eigenvalue weighted by Crippen LogP contribution is -2.52. The van der Waals surface area contributed by atoms with E-state index < -0.39 is 0 Å². The van der Waals surface area contributed by atoms with Gasteiger partial charge in [-0.3, -0.25) is 4.79 Å². The summed E-state index contributed by atoms with van der Waals surface area (Å²) in [6.07, 6.45) is 8.61. The largest absolute Gasteiger partial charge is 0.378 e. The van der Waals surface area contributed by atoms with E-state index in [4.69, 9.17) is 10.5 Å². The van der Waals surface area contributed by atoms with E-state index in [1.165, 1.54) is 32.1 Å². The van der Waals surface area contributed by atoms with Gasteiger partial charge in [-0.1, -0.05) is 6.42 Å². The van der Waals surface area contributed by atoms with Crippen LogP contribution in [0.25, 0.3) is 0 Å². The third kappa shape index (κ3) is 2.14. The molecule has 4 rings (SSSR count). The van der Waals surface area contributed by atoms with Gasteiger partial charge in [0.2, 0.25) is 5.91 Å². The number of nitrogens with two attached hydrogens (primary N) is 1. The maximum absolute atomic E-state index is 12.8. The van der Waals surface area contributed by atoms with Gasteiger partial charge in [0.1, 0.15) is 0 Å². The molecule has 2 N–H and O–H groups in total. The van der Waals surface area contributed by atoms with Crippen LogP contribution in [0.1, 0.15) is 44.9 Å². The fourth-order valence-corrected chi connectivity index (χ4v) is 5.87. The molecule has 4 nitrogen and oxygen atoms in total. The summed E-state index contributed by atoms with van der Waals surface area (Å²) < 4.78 is 5.37. The molecule has 5 atom stereocenters. The van der Waals surface area contributed by atoms with Crippen molar-refractivity contribution >= 4 is 5.91 Å². The number of carbonyl (C=O) groups is 1. The predicted octanol–water partition coefficient (Wildman–Crippen LogP) is 1.78. The molecular weight excluding hydrogens is 264 g/mol. The van der Waals surface area contributed by atoms with Crippen LogP contribution in [0, 0.1) is 23.2 Å². The highest BCUT2D eigenvalue weighted by molar-refractivity contribution is 5.79. The number of hydrogen-bond acceptors (Lipinski definition) is 3. The van der Waals surface area contributed by atoms with Crippen LogP contribution in [0.2, 0.25) is 0 Å². The first-order valence-corrected chi connectivity index (χ1v) is 8.83. The zero-order valence-corrected chi connectivity index (χ0v) is 12.9. The lowest BCUT2D eigenvalue weighted by atomic mass is 9.59. The second kappa shape index (κ2) is 5.24. The highest BCUT2D eigenvalue weighted by atomic mass is 16.5. The fraction of sp³-hybridized carbons (Fsp3) is 0.941. The van der Waals surface area contributed by atoms with Crippen molar-refractivity contribution in [1.82, 2.24) is 4.90 Å². The van der Waals surface area contributed by atoms with Crippen LogP contribution in [-0.4, -0.2) is 43.2 Å². The van der Waals surface area contributed by atoms with Gasteiger partial charge in [-0.2, -0.15) is 0 Å². The first kappa shape index (κ1) is 14.0. The number of fused-ring (bicyclic) bond motifs is 3. The molecular formula is C17H28N2O2. The molecule has 1 amide bonds. The second-order valence-electron chi connectivity index (χ2n) is 7.76. The average Bonchev–Trinajstić information content (AvgIpc) is 3.11. The van der Waals surface area contributed by atoms with Crippen LogP contribution >= 0.6 is 0 Å². The van der Waals surface area contributed by atoms with Gasteiger partial charge in [0, 0.05) is 25.0 Å². The zero-order chi connectivity index (χ0) is 14.4. The topological polar surface area (TPSA) is 55.6 Å². The Bertz CT molecular complexity index is 417. The number of amides is 1. The first-order valence-electron chi connectivity index (χ1n) is 8.83. The number of rotatable bonds is 1. The SMILES string of the molecule is N[C@@H]1[C@@H]2CC[C@@H](C2)C12CCCC(C(=O)N1CCOCC1)C2. The monoisotopic (exact) mass is 292 g/mol. The average molecular weight is 292 g/mol. The Morgan fingerprint density at radius 1 is 1.19 bits per heavy atom. The van der Waals surface area contributed by atoms with Crippen LogP contribution in [0.5, 0.6) is 0 Å². The lowest BCUT2D eigenvalue weighted by Gasteiger charge is -2.48. The van der Waals surface area contributed by atoms with E-state index in [1.807, 2.05) is 4.90 Å². The highest BCUT2D eigenvalue weighted by Gasteiger charge is 2.58. The molecule has 4 fully saturated rings. The normalized spacial score (nSPS) is 46.2. The van der Waals surface area contributed by atoms with Gasteiger partial charge < -0.3 is 15.4 Å². The second-order valence-corrected chi connectivity index (χ2v) is 7.76. The summed E-state index contributed by atoms with van der Waals surface area (Å²) >= 11 is 0. The van der Waals surface area contributed by atoms with Crippen LogP contribution < -0.4 is 5.73 Å². The van der Waals surface area contributed by atoms with E-state index in [0.29, 0.717) is 30.6 Å². The molecule has 0 aromatic carbocycles. The number of nitrogens with zero attached hydrogens (tertiary/aromatic N) is 1. The highest BCUT2D eigenvalue weighted by Crippen LogP contribution is 2.61. The molecule has 2 bridgehead atoms. The Morgan fingerprint density at radius 2 is 2.00 bits per heavy atom. The van der Waals surface area contributed by atoms with Gasteiger partial charge in [0.25, 0.3) is 0 Å². The van der Waals surface area contributed by atoms with E-state index in [-0.39, 0.29) is 5.92 Å². The van der Waals surface area contributed by atoms with Crippen LogP contribution in [-0.2, 0) is 9.53 Å². The minimum Gasteiger partial charge on any atom is -0.378 e. The molecule has 118 valence electrons. The fourth-order valence-electron chi connectivity index (χ4n) is 5.87. The zero-order valence-electron chi connectivity index (χ0n) is 12.9. The van der Waals surface area contributed by atoms with Crippen LogP contribution in [0.4, 0.5) is 0 Å². The number of ether oxygens (including phenoxy) is 1. The molecule has 21 heavy (non-hydrogen) atoms. The summed E-state index contributed by atoms with van der Waals surface area (Å²) in [5.41, 5.74) is 6.92. The van der Waals surface area contributed by atoms with Crippen molar-refractivity contribution in [3.05, 3.63) is 0 Å². The van der Waals surface area contributed by atoms with E-state index in [1.54, 1.807) is 0 Å². The molecule has 3 saturated carbocycles. The van der Waals surface area contributed by atoms with Crippen molar-refractivity contribution in [2.24, 2.45) is 28.9 Å². The van der Waals surface area contributed by atoms with Crippen molar-refractivity contribution in [3.63, 3.8) is 0 Å². The Balaban J connectivity index is 1.49. The van der Waals surface area contributed by atoms with Crippen molar-refractivity contribution in [3.8, 4) is 0 Å². The van der Waals surface area contributed by atoms with E-state index in [0.717, 1.165) is 37.8 Å². The van der Waals surface area contributed by atoms with E-state index >= 15 is 0 Å². The molecule has 1 saturated heterocycles. The Labute approximate surface area is 127 Å². The minimum atomic E-state index is 0.224. The van der Waals surface area contributed by atoms with Crippen molar-refractivity contribution in [2.45, 2.75) is 51.0 Å². The van der Waals surface area contributed by atoms with Crippen molar-refractivity contribution in [1.29, 1.82) is 0 Å². The van der Waals surface area contributed by atoms with Gasteiger partial charge >= 0.3 is 0 Å². The van der Waals surface area contributed by atoms with Crippen LogP contribution in [0.3, 0.4) is 0 Å². The van der Waals surface area contributed by atoms with E-state index in [9.17, 15) is 4.79 Å². The van der Waals surface area contributed by atoms with Gasteiger partial charge in [-0.25, -0.2) is 0 Å². The molecule has 2 unspecified atom stereocenters. The Kier molecular flexibility index (Phi) is 3.49. The Morgan fingerprint density at radius 3 is 2.71 bits per heavy atom. The van der Waals surface area contributed by atoms with Gasteiger partial charge in [0.15, 0.2) is 0 Å². The quantitative estimate of drug-likeness (QED) is 0.801. The number of hydrogen-bond donors (Lipinski definition) is 1. The summed E-state index contributed by atoms with van der Waals surface area (Å²) in [6.45, 7) is 2.96. The van der Waals surface area contributed by atoms with Crippen molar-refractivity contribution < 1.29 is 9.53 Å². The number of morpholine rings is 1. The summed E-state index contributed by atoms with van der Waals surface area (Å²) in [4.78, 5) is 14.9. The smallest absolute Gasteiger partial charge is 0.225 e. The molecule has 0 radical (unpaired) electrons. The maximum atomic E-state index is 12.8. The first-order chi connectivity index (χ1) is 10.2. The molecule has 0 aromatic heterocycles. The van der Waals surface area contributed by atoms with Crippen LogP contribution in [0.15, 0.2) is 0 Å². The Hall–Kier alpha value is -0.610. The summed E-state index contributed by atoms with van der Waals surface area (Å²) in [7, 11) is 0. The summed E-state index contributed by atoms with van der Waals surface area (Å²) in [6, 6.07) is 0.358. The summed E-state index contributed by atoms with van der Waals surface area (Å²) in [5.74, 6) is 2.15. The standard InChI is InChI=1S/C17H28N2O2/c18-15-12-3-4-14(10-12)17(15)5-1-2-13(11-17)16(20)19-6-8-21-9-7-19/h12-15H,1-11,18H2/t12-,13?,14+,15-,17?/m1/s1. The maximum Gasteiger partial charge on any atom is 0.225 e. The molecule has 1 heterocycles. The molecule has 1 spiro atoms.